The monoisotopic (exact) mass is 1840 g/mol. The summed E-state index contributed by atoms with van der Waals surface area (Å²) >= 11 is 3.89. The summed E-state index contributed by atoms with van der Waals surface area (Å²) in [5.74, 6) is 6.88. The number of hydrogen-bond donors (Lipinski definition) is 1. The first kappa shape index (κ1) is 93.5. The molecule has 26 heteroatoms. The minimum Gasteiger partial charge on any atom is -0.868 e. The van der Waals surface area contributed by atoms with E-state index in [0.29, 0.717) is 11.0 Å². The van der Waals surface area contributed by atoms with Crippen LogP contribution < -0.4 is 40.1 Å². The summed E-state index contributed by atoms with van der Waals surface area (Å²) < 4.78 is 44.6. The van der Waals surface area contributed by atoms with Crippen molar-refractivity contribution in [3.05, 3.63) is 400 Å². The number of benzene rings is 13. The van der Waals surface area contributed by atoms with Crippen molar-refractivity contribution in [1.29, 1.82) is 0 Å². The van der Waals surface area contributed by atoms with Gasteiger partial charge in [0.15, 0.2) is 6.20 Å². The Bertz CT molecular complexity index is 6900. The number of para-hydroxylation sites is 7. The van der Waals surface area contributed by atoms with Crippen molar-refractivity contribution in [3.8, 4) is 68.6 Å². The molecule has 0 atom stereocenters. The second kappa shape index (κ2) is 48.2. The number of aromatic amines is 1. The van der Waals surface area contributed by atoms with E-state index in [1.165, 1.54) is 71.8 Å². The molecule has 0 aliphatic rings. The van der Waals surface area contributed by atoms with Crippen LogP contribution in [0.15, 0.2) is 389 Å². The number of fused-ring (bicyclic) bond motifs is 11. The molecule has 0 saturated heterocycles. The van der Waals surface area contributed by atoms with Crippen molar-refractivity contribution in [3.63, 3.8) is 0 Å². The third-order valence-corrected chi connectivity index (χ3v) is 22.3. The number of aryl methyl sites for hydroxylation is 2. The zero-order valence-corrected chi connectivity index (χ0v) is 83.0. The molecule has 18 nitrogen and oxygen atoms in total. The van der Waals surface area contributed by atoms with E-state index in [0.717, 1.165) is 163 Å². The normalized spacial score (nSPS) is 10.2. The summed E-state index contributed by atoms with van der Waals surface area (Å²) in [7, 11) is 0. The first-order valence-electron chi connectivity index (χ1n) is 39.2. The predicted octanol–water partition coefficient (Wildman–Crippen LogP) is 19.0. The number of phenols is 1. The van der Waals surface area contributed by atoms with Crippen LogP contribution >= 0.6 is 0 Å². The Morgan fingerprint density at radius 3 is 1.27 bits per heavy atom. The molecule has 13 aromatic carbocycles. The van der Waals surface area contributed by atoms with Gasteiger partial charge in [-0.3, -0.25) is 19.9 Å². The van der Waals surface area contributed by atoms with E-state index < -0.39 is 31.8 Å². The number of nitrogens with one attached hydrogen (secondary N) is 1. The van der Waals surface area contributed by atoms with Gasteiger partial charge in [-0.05, 0) is 150 Å². The number of hydrogen-bond acceptors (Lipinski definition) is 17. The van der Waals surface area contributed by atoms with Gasteiger partial charge in [-0.2, -0.15) is 0 Å². The molecule has 8 aromatic heterocycles. The molecule has 0 unspecified atom stereocenters. The van der Waals surface area contributed by atoms with Crippen molar-refractivity contribution in [2.45, 2.75) is 13.8 Å². The largest absolute Gasteiger partial charge is 2.00 e. The van der Waals surface area contributed by atoms with Gasteiger partial charge in [0.1, 0.15) is 67.6 Å². The van der Waals surface area contributed by atoms with Crippen LogP contribution in [-0.4, -0.2) is 164 Å². The zero-order valence-electron chi connectivity index (χ0n) is 69.1. The summed E-state index contributed by atoms with van der Waals surface area (Å²) in [4.78, 5) is 33.2. The summed E-state index contributed by atoms with van der Waals surface area (Å²) in [6, 6.07) is 115. The predicted molar refractivity (Wildman–Crippen MR) is 508 cm³/mol. The third-order valence-electron chi connectivity index (χ3n) is 19.3. The average molecular weight is 1840 g/mol. The molecule has 0 saturated carbocycles. The number of rotatable bonds is 13. The fourth-order valence-electron chi connectivity index (χ4n) is 13.3. The summed E-state index contributed by atoms with van der Waals surface area (Å²) in [6.07, 6.45) is 10.5. The number of pyridine rings is 8. The minimum absolute atomic E-state index is 0. The molecule has 6 radical (unpaired) electrons. The van der Waals surface area contributed by atoms with Crippen LogP contribution in [0.1, 0.15) is 11.4 Å². The smallest absolute Gasteiger partial charge is 0.868 e. The number of H-pyrrole nitrogens is 1. The molecular formula is C100H76Al5GaMgN8O10Zn+2. The molecule has 0 spiro atoms. The van der Waals surface area contributed by atoms with E-state index >= 15 is 0 Å². The van der Waals surface area contributed by atoms with Crippen molar-refractivity contribution in [2.24, 2.45) is 0 Å². The van der Waals surface area contributed by atoms with Crippen LogP contribution in [0.3, 0.4) is 0 Å². The molecule has 0 amide bonds. The fraction of sp³-hybridized carbons (Fsp3) is 0.0200. The van der Waals surface area contributed by atoms with Gasteiger partial charge in [0.05, 0.1) is 11.5 Å². The summed E-state index contributed by atoms with van der Waals surface area (Å²) in [5.41, 5.74) is 11.2. The molecule has 0 fully saturated rings. The quantitative estimate of drug-likeness (QED) is 0.0837. The van der Waals surface area contributed by atoms with Gasteiger partial charge in [-0.1, -0.05) is 212 Å². The Labute approximate surface area is 806 Å². The molecule has 21 rings (SSSR count). The van der Waals surface area contributed by atoms with E-state index in [4.69, 9.17) is 30.0 Å². The van der Waals surface area contributed by atoms with E-state index in [-0.39, 0.29) is 54.0 Å². The molecule has 0 aliphatic heterocycles. The number of phenolic OH excluding ortho intramolecular Hbond substituents is 1. The van der Waals surface area contributed by atoms with Crippen LogP contribution in [0.5, 0.6) is 57.5 Å². The maximum Gasteiger partial charge on any atom is 2.00 e. The standard InChI is InChI=1S/C13H9NO.C12H10O.2C10H9NO.C10H8O.5C9H7NO.5Al.Ga.Mg.Zn.4H/c15-12-8-9-4-1-2-5-10(9)11-6-3-7-14-13(11)12;13-12-8-6-11(7-9-12)10-4-2-1-3-5-10;2*1-7-5-6-8-3-2-4-9(12)10(8)11-7;11-10-7-3-5-8-4-1-2-6-9(8)10;5*11-8-5-1-3-7-4-2-6-10-9(7)8;;;;;;;;;;;;/h1-8,15H;1-9,13H;2*2-6,12H,1H3;1-7,11H;5*1-6,11H;;;;;;;;;;;;/q;;;;;;;;;;3*+1;2*+2;+1;+2;;;;;/p-8. The van der Waals surface area contributed by atoms with Crippen molar-refractivity contribution < 1.29 is 64.7 Å². The van der Waals surface area contributed by atoms with E-state index in [1.807, 2.05) is 269 Å². The van der Waals surface area contributed by atoms with E-state index in [2.05, 4.69) is 113 Å². The van der Waals surface area contributed by atoms with Crippen LogP contribution in [0.4, 0.5) is 0 Å². The number of nitrogens with zero attached hydrogens (tertiary/aromatic N) is 7. The summed E-state index contributed by atoms with van der Waals surface area (Å²) in [5, 5.41) is 33.7. The van der Waals surface area contributed by atoms with Gasteiger partial charge >= 0.3 is 185 Å². The van der Waals surface area contributed by atoms with Gasteiger partial charge in [0.25, 0.3) is 0 Å². The first-order chi connectivity index (χ1) is 61.0. The fourth-order valence-corrected chi connectivity index (χ4v) is 15.8. The minimum atomic E-state index is -0.665. The Hall–Kier alpha value is -11.7. The van der Waals surface area contributed by atoms with Crippen LogP contribution in [0.2, 0.25) is 0 Å². The second-order valence-electron chi connectivity index (χ2n) is 27.4. The van der Waals surface area contributed by atoms with E-state index in [1.54, 1.807) is 61.4 Å². The summed E-state index contributed by atoms with van der Waals surface area (Å²) in [6.45, 7) is 3.96. The second-order valence-corrected chi connectivity index (χ2v) is 30.2. The molecule has 596 valence electrons. The number of aromatic nitrogens is 8. The molecule has 126 heavy (non-hydrogen) atoms. The van der Waals surface area contributed by atoms with Crippen LogP contribution in [0, 0.1) is 13.8 Å². The van der Waals surface area contributed by atoms with Crippen molar-refractivity contribution >= 4 is 232 Å². The maximum absolute atomic E-state index is 11.1. The molecule has 0 bridgehead atoms. The van der Waals surface area contributed by atoms with E-state index in [9.17, 15) is 10.2 Å². The Balaban J connectivity index is 0.000000133. The number of aromatic hydroxyl groups is 1. The van der Waals surface area contributed by atoms with Gasteiger partial charge < -0.3 is 36.7 Å². The zero-order chi connectivity index (χ0) is 85.6. The topological polar surface area (TPSA) is 221 Å². The average Bonchev–Trinajstić information content (AvgIpc) is 0.798. The third kappa shape index (κ3) is 24.9. The van der Waals surface area contributed by atoms with Crippen molar-refractivity contribution in [1.82, 2.24) is 34.9 Å². The molecule has 8 heterocycles. The van der Waals surface area contributed by atoms with Gasteiger partial charge in [0.2, 0.25) is 5.52 Å². The molecule has 0 aliphatic carbocycles. The Morgan fingerprint density at radius 1 is 0.317 bits per heavy atom. The molecule has 21 aromatic rings. The first-order valence-corrected chi connectivity index (χ1v) is 44.0. The van der Waals surface area contributed by atoms with Crippen molar-refractivity contribution in [2.75, 3.05) is 0 Å². The van der Waals surface area contributed by atoms with Crippen LogP contribution in [-0.2, 0) is 19.5 Å². The van der Waals surface area contributed by atoms with Crippen LogP contribution in [0.25, 0.3) is 120 Å². The molecule has 2 N–H and O–H groups in total. The maximum atomic E-state index is 11.1. The van der Waals surface area contributed by atoms with Gasteiger partial charge in [0, 0.05) is 105 Å². The van der Waals surface area contributed by atoms with Gasteiger partial charge in [-0.25, -0.2) is 15.0 Å². The Morgan fingerprint density at radius 2 is 0.698 bits per heavy atom. The Kier molecular flexibility index (Phi) is 35.7. The SMILES string of the molecule is Cc1ccc2cccc([O][AlH])c2n1.Cc1ccc2cccc([O][Al][O]c3ccc(-c4ccccc4)cc3)c2n1.Oc1cccc2cccnc12.[AlH][O]c1cc2ccccc2c2cccnc12.[AlH][O]c1cccc2cccnc12.[GaH][O]c1cccc2cccnc12.[Mg+2].[O-]c1cccc2ccc[nH+]c12.[Zn].c1ccc2c([O][Al][O]c3cccc4cccnc34)cccc2c1. The van der Waals surface area contributed by atoms with Gasteiger partial charge in [-0.15, -0.1) is 0 Å². The molecular weight excluding hydrogens is 1770 g/mol.